The SMILES string of the molecule is Cc1cccc(NC(=O)CCN2C(=O)C(=Cc3cccc(Br)c3)SC2=S)c1C. The minimum atomic E-state index is -0.158. The highest BCUT2D eigenvalue weighted by Crippen LogP contribution is 2.33. The van der Waals surface area contributed by atoms with Crippen molar-refractivity contribution >= 4 is 67.8 Å². The molecule has 1 aliphatic heterocycles. The van der Waals surface area contributed by atoms with E-state index < -0.39 is 0 Å². The summed E-state index contributed by atoms with van der Waals surface area (Å²) in [6.07, 6.45) is 2.00. The van der Waals surface area contributed by atoms with Crippen LogP contribution in [0.2, 0.25) is 0 Å². The molecule has 0 aromatic heterocycles. The summed E-state index contributed by atoms with van der Waals surface area (Å²) in [5, 5.41) is 2.92. The van der Waals surface area contributed by atoms with Crippen molar-refractivity contribution in [2.45, 2.75) is 20.3 Å². The Morgan fingerprint density at radius 1 is 1.25 bits per heavy atom. The molecule has 0 spiro atoms. The van der Waals surface area contributed by atoms with Gasteiger partial charge in [0.25, 0.3) is 5.91 Å². The zero-order valence-corrected chi connectivity index (χ0v) is 18.7. The van der Waals surface area contributed by atoms with Crippen LogP contribution in [0.25, 0.3) is 6.08 Å². The molecule has 0 atom stereocenters. The van der Waals surface area contributed by atoms with Gasteiger partial charge < -0.3 is 5.32 Å². The number of aryl methyl sites for hydroxylation is 1. The number of nitrogens with one attached hydrogen (secondary N) is 1. The second-order valence-electron chi connectivity index (χ2n) is 6.43. The van der Waals surface area contributed by atoms with Crippen molar-refractivity contribution in [1.29, 1.82) is 0 Å². The van der Waals surface area contributed by atoms with Crippen molar-refractivity contribution in [2.75, 3.05) is 11.9 Å². The number of thiocarbonyl (C=S) groups is 1. The fourth-order valence-electron chi connectivity index (χ4n) is 2.75. The summed E-state index contributed by atoms with van der Waals surface area (Å²) in [5.74, 6) is -0.298. The van der Waals surface area contributed by atoms with Gasteiger partial charge in [-0.25, -0.2) is 0 Å². The maximum absolute atomic E-state index is 12.7. The quantitative estimate of drug-likeness (QED) is 0.471. The number of carbonyl (C=O) groups excluding carboxylic acids is 2. The lowest BCUT2D eigenvalue weighted by molar-refractivity contribution is -0.122. The molecule has 28 heavy (non-hydrogen) atoms. The van der Waals surface area contributed by atoms with E-state index in [2.05, 4.69) is 21.2 Å². The third-order valence-corrected chi connectivity index (χ3v) is 6.33. The number of halogens is 1. The third-order valence-electron chi connectivity index (χ3n) is 4.46. The molecule has 7 heteroatoms. The maximum atomic E-state index is 12.7. The number of hydrogen-bond acceptors (Lipinski definition) is 4. The molecule has 0 saturated carbocycles. The Morgan fingerprint density at radius 2 is 2.00 bits per heavy atom. The Labute approximate surface area is 182 Å². The zero-order chi connectivity index (χ0) is 20.3. The first-order valence-corrected chi connectivity index (χ1v) is 10.7. The van der Waals surface area contributed by atoms with Crippen LogP contribution in [0.1, 0.15) is 23.1 Å². The topological polar surface area (TPSA) is 49.4 Å². The fourth-order valence-corrected chi connectivity index (χ4v) is 4.48. The lowest BCUT2D eigenvalue weighted by atomic mass is 10.1. The van der Waals surface area contributed by atoms with E-state index in [1.807, 2.05) is 62.4 Å². The van der Waals surface area contributed by atoms with E-state index >= 15 is 0 Å². The Balaban J connectivity index is 1.63. The van der Waals surface area contributed by atoms with Crippen LogP contribution in [0.4, 0.5) is 5.69 Å². The Bertz CT molecular complexity index is 988. The fraction of sp³-hybridized carbons (Fsp3) is 0.190. The van der Waals surface area contributed by atoms with E-state index in [1.165, 1.54) is 16.7 Å². The van der Waals surface area contributed by atoms with Gasteiger partial charge in [0.2, 0.25) is 5.91 Å². The molecule has 3 rings (SSSR count). The summed E-state index contributed by atoms with van der Waals surface area (Å²) < 4.78 is 1.42. The Kier molecular flexibility index (Phi) is 6.69. The minimum Gasteiger partial charge on any atom is -0.326 e. The van der Waals surface area contributed by atoms with Crippen molar-refractivity contribution in [2.24, 2.45) is 0 Å². The number of nitrogens with zero attached hydrogens (tertiary/aromatic N) is 1. The van der Waals surface area contributed by atoms with Crippen molar-refractivity contribution in [3.8, 4) is 0 Å². The number of anilines is 1. The highest BCUT2D eigenvalue weighted by Gasteiger charge is 2.32. The molecule has 2 aromatic rings. The maximum Gasteiger partial charge on any atom is 0.266 e. The molecule has 2 amide bonds. The van der Waals surface area contributed by atoms with Crippen molar-refractivity contribution in [3.05, 3.63) is 68.5 Å². The van der Waals surface area contributed by atoms with Gasteiger partial charge in [0.05, 0.1) is 4.91 Å². The van der Waals surface area contributed by atoms with E-state index in [0.717, 1.165) is 26.9 Å². The normalized spacial score (nSPS) is 15.4. The molecule has 4 nitrogen and oxygen atoms in total. The van der Waals surface area contributed by atoms with Gasteiger partial charge in [-0.1, -0.05) is 64.2 Å². The number of benzene rings is 2. The minimum absolute atomic E-state index is 0.140. The van der Waals surface area contributed by atoms with Crippen LogP contribution >= 0.6 is 39.9 Å². The van der Waals surface area contributed by atoms with E-state index in [0.29, 0.717) is 9.23 Å². The van der Waals surface area contributed by atoms with Gasteiger partial charge in [-0.05, 0) is 54.8 Å². The first-order valence-electron chi connectivity index (χ1n) is 8.72. The van der Waals surface area contributed by atoms with Crippen LogP contribution < -0.4 is 5.32 Å². The first kappa shape index (κ1) is 20.8. The molecule has 2 aromatic carbocycles. The van der Waals surface area contributed by atoms with Crippen molar-refractivity contribution in [3.63, 3.8) is 0 Å². The molecule has 1 N–H and O–H groups in total. The number of amides is 2. The number of rotatable bonds is 5. The lowest BCUT2D eigenvalue weighted by Gasteiger charge is -2.15. The molecule has 1 fully saturated rings. The van der Waals surface area contributed by atoms with Gasteiger partial charge in [-0.15, -0.1) is 0 Å². The van der Waals surface area contributed by atoms with Crippen LogP contribution in [0.3, 0.4) is 0 Å². The van der Waals surface area contributed by atoms with Gasteiger partial charge in [-0.2, -0.15) is 0 Å². The summed E-state index contributed by atoms with van der Waals surface area (Å²) in [4.78, 5) is 27.1. The molecule has 0 aliphatic carbocycles. The third kappa shape index (κ3) is 4.90. The number of thioether (sulfide) groups is 1. The van der Waals surface area contributed by atoms with Crippen LogP contribution in [0, 0.1) is 13.8 Å². The van der Waals surface area contributed by atoms with Crippen LogP contribution in [-0.4, -0.2) is 27.6 Å². The van der Waals surface area contributed by atoms with Crippen LogP contribution in [0.5, 0.6) is 0 Å². The Morgan fingerprint density at radius 3 is 2.75 bits per heavy atom. The van der Waals surface area contributed by atoms with E-state index in [1.54, 1.807) is 0 Å². The van der Waals surface area contributed by atoms with E-state index in [9.17, 15) is 9.59 Å². The van der Waals surface area contributed by atoms with Crippen molar-refractivity contribution < 1.29 is 9.59 Å². The van der Waals surface area contributed by atoms with Gasteiger partial charge in [0.1, 0.15) is 4.32 Å². The predicted octanol–water partition coefficient (Wildman–Crippen LogP) is 5.30. The molecule has 1 aliphatic rings. The van der Waals surface area contributed by atoms with E-state index in [4.69, 9.17) is 12.2 Å². The molecule has 0 radical (unpaired) electrons. The lowest BCUT2D eigenvalue weighted by Crippen LogP contribution is -2.31. The average Bonchev–Trinajstić information content (AvgIpc) is 2.90. The monoisotopic (exact) mass is 474 g/mol. The van der Waals surface area contributed by atoms with Gasteiger partial charge in [-0.3, -0.25) is 14.5 Å². The summed E-state index contributed by atoms with van der Waals surface area (Å²) in [5.41, 5.74) is 3.87. The van der Waals surface area contributed by atoms with E-state index in [-0.39, 0.29) is 24.8 Å². The largest absolute Gasteiger partial charge is 0.326 e. The zero-order valence-electron chi connectivity index (χ0n) is 15.5. The van der Waals surface area contributed by atoms with Crippen LogP contribution in [0.15, 0.2) is 51.8 Å². The van der Waals surface area contributed by atoms with Gasteiger partial charge >= 0.3 is 0 Å². The summed E-state index contributed by atoms with van der Waals surface area (Å²) in [7, 11) is 0. The van der Waals surface area contributed by atoms with Crippen LogP contribution in [-0.2, 0) is 9.59 Å². The summed E-state index contributed by atoms with van der Waals surface area (Å²) >= 11 is 10.0. The second-order valence-corrected chi connectivity index (χ2v) is 9.03. The second kappa shape index (κ2) is 9.03. The summed E-state index contributed by atoms with van der Waals surface area (Å²) in [6, 6.07) is 13.5. The highest BCUT2D eigenvalue weighted by atomic mass is 79.9. The molecule has 144 valence electrons. The van der Waals surface area contributed by atoms with Gasteiger partial charge in [0, 0.05) is 23.1 Å². The molecular weight excluding hydrogens is 456 g/mol. The average molecular weight is 475 g/mol. The number of hydrogen-bond donors (Lipinski definition) is 1. The first-order chi connectivity index (χ1) is 13.3. The van der Waals surface area contributed by atoms with Gasteiger partial charge in [0.15, 0.2) is 0 Å². The molecule has 0 bridgehead atoms. The summed E-state index contributed by atoms with van der Waals surface area (Å²) in [6.45, 7) is 4.24. The molecule has 0 unspecified atom stereocenters. The Hall–Kier alpha value is -1.96. The van der Waals surface area contributed by atoms with Crippen molar-refractivity contribution in [1.82, 2.24) is 4.90 Å². The number of carbonyl (C=O) groups is 2. The molecule has 1 saturated heterocycles. The molecule has 1 heterocycles. The smallest absolute Gasteiger partial charge is 0.266 e. The molecular formula is C21H19BrN2O2S2. The standard InChI is InChI=1S/C21H19BrN2O2S2/c1-13-5-3-8-17(14(13)2)23-19(25)9-10-24-20(26)18(28-21(24)27)12-15-6-4-7-16(22)11-15/h3-8,11-12H,9-10H2,1-2H3,(H,23,25). The predicted molar refractivity (Wildman–Crippen MR) is 123 cm³/mol. The highest BCUT2D eigenvalue weighted by molar-refractivity contribution is 9.10.